The first-order valence-electron chi connectivity index (χ1n) is 7.04. The van der Waals surface area contributed by atoms with Crippen LogP contribution < -0.4 is 16.4 Å². The Morgan fingerprint density at radius 2 is 2.25 bits per heavy atom. The summed E-state index contributed by atoms with van der Waals surface area (Å²) in [5, 5.41) is 6.22. The van der Waals surface area contributed by atoms with Crippen molar-refractivity contribution >= 4 is 17.5 Å². The van der Waals surface area contributed by atoms with Crippen LogP contribution in [0.5, 0.6) is 0 Å². The van der Waals surface area contributed by atoms with Crippen molar-refractivity contribution in [2.45, 2.75) is 38.1 Å². The molecule has 108 valence electrons. The highest BCUT2D eigenvalue weighted by Crippen LogP contribution is 2.26. The summed E-state index contributed by atoms with van der Waals surface area (Å²) in [7, 11) is 0. The van der Waals surface area contributed by atoms with Gasteiger partial charge in [-0.2, -0.15) is 0 Å². The molecule has 1 heterocycles. The van der Waals surface area contributed by atoms with E-state index < -0.39 is 11.4 Å². The zero-order chi connectivity index (χ0) is 14.6. The van der Waals surface area contributed by atoms with Crippen molar-refractivity contribution in [3.8, 4) is 0 Å². The van der Waals surface area contributed by atoms with E-state index in [1.807, 2.05) is 0 Å². The SMILES string of the molecule is CCCC1(C(=O)Nc2cccc(C(N)=O)c2)CCCN1. The predicted octanol–water partition coefficient (Wildman–Crippen LogP) is 1.65. The van der Waals surface area contributed by atoms with E-state index in [9.17, 15) is 9.59 Å². The molecule has 1 unspecified atom stereocenters. The summed E-state index contributed by atoms with van der Waals surface area (Å²) in [5.74, 6) is -0.526. The van der Waals surface area contributed by atoms with E-state index in [1.165, 1.54) is 0 Å². The van der Waals surface area contributed by atoms with Gasteiger partial charge in [-0.25, -0.2) is 0 Å². The van der Waals surface area contributed by atoms with Gasteiger partial charge in [-0.1, -0.05) is 19.4 Å². The van der Waals surface area contributed by atoms with E-state index in [0.717, 1.165) is 32.2 Å². The first-order valence-corrected chi connectivity index (χ1v) is 7.04. The molecule has 1 aliphatic rings. The number of amides is 2. The van der Waals surface area contributed by atoms with Crippen LogP contribution in [0.3, 0.4) is 0 Å². The van der Waals surface area contributed by atoms with Crippen molar-refractivity contribution in [2.24, 2.45) is 5.73 Å². The molecule has 0 aliphatic carbocycles. The number of hydrogen-bond donors (Lipinski definition) is 3. The Hall–Kier alpha value is -1.88. The minimum atomic E-state index is -0.497. The maximum absolute atomic E-state index is 12.5. The molecule has 5 nitrogen and oxygen atoms in total. The van der Waals surface area contributed by atoms with E-state index >= 15 is 0 Å². The molecule has 1 aliphatic heterocycles. The van der Waals surface area contributed by atoms with Gasteiger partial charge in [0.1, 0.15) is 0 Å². The predicted molar refractivity (Wildman–Crippen MR) is 78.5 cm³/mol. The summed E-state index contributed by atoms with van der Waals surface area (Å²) in [4.78, 5) is 23.7. The summed E-state index contributed by atoms with van der Waals surface area (Å²) in [6.45, 7) is 2.94. The molecule has 5 heteroatoms. The fraction of sp³-hybridized carbons (Fsp3) is 0.467. The quantitative estimate of drug-likeness (QED) is 0.764. The van der Waals surface area contributed by atoms with Crippen LogP contribution in [-0.4, -0.2) is 23.9 Å². The molecule has 0 radical (unpaired) electrons. The molecule has 1 atom stereocenters. The molecule has 0 aromatic heterocycles. The average Bonchev–Trinajstić information content (AvgIpc) is 2.89. The molecule has 1 aromatic carbocycles. The average molecular weight is 275 g/mol. The number of nitrogens with one attached hydrogen (secondary N) is 2. The van der Waals surface area contributed by atoms with Gasteiger partial charge in [-0.15, -0.1) is 0 Å². The van der Waals surface area contributed by atoms with Crippen LogP contribution in [0, 0.1) is 0 Å². The van der Waals surface area contributed by atoms with Crippen LogP contribution in [0.25, 0.3) is 0 Å². The fourth-order valence-corrected chi connectivity index (χ4v) is 2.75. The molecule has 1 saturated heterocycles. The fourth-order valence-electron chi connectivity index (χ4n) is 2.75. The number of carbonyl (C=O) groups excluding carboxylic acids is 2. The van der Waals surface area contributed by atoms with Gasteiger partial charge in [0, 0.05) is 11.3 Å². The van der Waals surface area contributed by atoms with Crippen LogP contribution in [-0.2, 0) is 4.79 Å². The monoisotopic (exact) mass is 275 g/mol. The molecule has 20 heavy (non-hydrogen) atoms. The second kappa shape index (κ2) is 6.05. The van der Waals surface area contributed by atoms with E-state index in [4.69, 9.17) is 5.73 Å². The Morgan fingerprint density at radius 1 is 1.45 bits per heavy atom. The highest BCUT2D eigenvalue weighted by Gasteiger charge is 2.39. The van der Waals surface area contributed by atoms with Crippen LogP contribution in [0.15, 0.2) is 24.3 Å². The first-order chi connectivity index (χ1) is 9.57. The van der Waals surface area contributed by atoms with Crippen molar-refractivity contribution in [1.29, 1.82) is 0 Å². The van der Waals surface area contributed by atoms with Crippen molar-refractivity contribution in [3.05, 3.63) is 29.8 Å². The Balaban J connectivity index is 2.14. The molecule has 1 fully saturated rings. The van der Waals surface area contributed by atoms with E-state index in [1.54, 1.807) is 24.3 Å². The van der Waals surface area contributed by atoms with Gasteiger partial charge in [-0.05, 0) is 44.0 Å². The molecule has 2 rings (SSSR count). The molecular weight excluding hydrogens is 254 g/mol. The van der Waals surface area contributed by atoms with Crippen molar-refractivity contribution < 1.29 is 9.59 Å². The molecule has 2 amide bonds. The van der Waals surface area contributed by atoms with Gasteiger partial charge in [0.05, 0.1) is 5.54 Å². The lowest BCUT2D eigenvalue weighted by Crippen LogP contribution is -2.50. The van der Waals surface area contributed by atoms with E-state index in [2.05, 4.69) is 17.6 Å². The summed E-state index contributed by atoms with van der Waals surface area (Å²) in [6, 6.07) is 6.71. The summed E-state index contributed by atoms with van der Waals surface area (Å²) in [5.41, 5.74) is 5.77. The largest absolute Gasteiger partial charge is 0.366 e. The number of nitrogens with two attached hydrogens (primary N) is 1. The third-order valence-electron chi connectivity index (χ3n) is 3.76. The topological polar surface area (TPSA) is 84.2 Å². The summed E-state index contributed by atoms with van der Waals surface area (Å²) in [6.07, 6.45) is 3.62. The van der Waals surface area contributed by atoms with Crippen LogP contribution >= 0.6 is 0 Å². The second-order valence-corrected chi connectivity index (χ2v) is 5.26. The van der Waals surface area contributed by atoms with Gasteiger partial charge >= 0.3 is 0 Å². The summed E-state index contributed by atoms with van der Waals surface area (Å²) >= 11 is 0. The van der Waals surface area contributed by atoms with Gasteiger partial charge in [0.2, 0.25) is 11.8 Å². The van der Waals surface area contributed by atoms with Crippen LogP contribution in [0.1, 0.15) is 43.0 Å². The normalized spacial score (nSPS) is 21.6. The molecule has 0 bridgehead atoms. The molecular formula is C15H21N3O2. The Kier molecular flexibility index (Phi) is 4.39. The van der Waals surface area contributed by atoms with Crippen molar-refractivity contribution in [1.82, 2.24) is 5.32 Å². The standard InChI is InChI=1S/C15H21N3O2/c1-2-7-15(8-4-9-17-15)14(20)18-12-6-3-5-11(10-12)13(16)19/h3,5-6,10,17H,2,4,7-9H2,1H3,(H2,16,19)(H,18,20). The lowest BCUT2D eigenvalue weighted by molar-refractivity contribution is -0.122. The number of hydrogen-bond acceptors (Lipinski definition) is 3. The molecule has 4 N–H and O–H groups in total. The highest BCUT2D eigenvalue weighted by molar-refractivity contribution is 6.00. The zero-order valence-corrected chi connectivity index (χ0v) is 11.7. The number of rotatable bonds is 5. The second-order valence-electron chi connectivity index (χ2n) is 5.26. The van der Waals surface area contributed by atoms with Gasteiger partial charge < -0.3 is 16.4 Å². The summed E-state index contributed by atoms with van der Waals surface area (Å²) < 4.78 is 0. The van der Waals surface area contributed by atoms with E-state index in [-0.39, 0.29) is 5.91 Å². The Labute approximate surface area is 118 Å². The lowest BCUT2D eigenvalue weighted by atomic mass is 9.90. The lowest BCUT2D eigenvalue weighted by Gasteiger charge is -2.27. The van der Waals surface area contributed by atoms with E-state index in [0.29, 0.717) is 11.3 Å². The number of carbonyl (C=O) groups is 2. The van der Waals surface area contributed by atoms with Crippen LogP contribution in [0.4, 0.5) is 5.69 Å². The van der Waals surface area contributed by atoms with Crippen molar-refractivity contribution in [2.75, 3.05) is 11.9 Å². The highest BCUT2D eigenvalue weighted by atomic mass is 16.2. The van der Waals surface area contributed by atoms with Gasteiger partial charge in [-0.3, -0.25) is 9.59 Å². The maximum atomic E-state index is 12.5. The smallest absolute Gasteiger partial charge is 0.248 e. The number of anilines is 1. The molecule has 1 aromatic rings. The van der Waals surface area contributed by atoms with Crippen molar-refractivity contribution in [3.63, 3.8) is 0 Å². The minimum Gasteiger partial charge on any atom is -0.366 e. The van der Waals surface area contributed by atoms with Gasteiger partial charge in [0.15, 0.2) is 0 Å². The Bertz CT molecular complexity index is 508. The van der Waals surface area contributed by atoms with Crippen LogP contribution in [0.2, 0.25) is 0 Å². The zero-order valence-electron chi connectivity index (χ0n) is 11.7. The minimum absolute atomic E-state index is 0.0292. The molecule has 0 saturated carbocycles. The van der Waals surface area contributed by atoms with Gasteiger partial charge in [0.25, 0.3) is 0 Å². The Morgan fingerprint density at radius 3 is 2.85 bits per heavy atom. The number of benzene rings is 1. The molecule has 0 spiro atoms. The third kappa shape index (κ3) is 2.99. The third-order valence-corrected chi connectivity index (χ3v) is 3.76. The first kappa shape index (κ1) is 14.5. The number of primary amides is 1. The maximum Gasteiger partial charge on any atom is 0.248 e.